The highest BCUT2D eigenvalue weighted by Gasteiger charge is 2.31. The van der Waals surface area contributed by atoms with Crippen molar-refractivity contribution in [2.45, 2.75) is 12.6 Å². The standard InChI is InChI=1S/C23H22FN7O2S/c24-18-5-3-17(4-6-18)16-30-23(25-26-27-30)22(21-2-1-15-34-21)29-13-11-28(12-14-29)19-7-9-20(10-8-19)31(32)33/h1-10,15,22H,11-14,16H2. The van der Waals surface area contributed by atoms with Gasteiger partial charge < -0.3 is 4.90 Å². The molecule has 1 unspecified atom stereocenters. The van der Waals surface area contributed by atoms with Gasteiger partial charge >= 0.3 is 0 Å². The molecule has 3 heterocycles. The van der Waals surface area contributed by atoms with Crippen LogP contribution in [-0.4, -0.2) is 56.2 Å². The van der Waals surface area contributed by atoms with Crippen molar-refractivity contribution >= 4 is 22.7 Å². The lowest BCUT2D eigenvalue weighted by molar-refractivity contribution is -0.384. The zero-order valence-electron chi connectivity index (χ0n) is 18.2. The van der Waals surface area contributed by atoms with Crippen LogP contribution in [0.3, 0.4) is 0 Å². The summed E-state index contributed by atoms with van der Waals surface area (Å²) in [4.78, 5) is 16.3. The van der Waals surface area contributed by atoms with Gasteiger partial charge in [0.25, 0.3) is 5.69 Å². The van der Waals surface area contributed by atoms with E-state index in [0.717, 1.165) is 48.1 Å². The van der Waals surface area contributed by atoms with E-state index in [9.17, 15) is 14.5 Å². The van der Waals surface area contributed by atoms with Crippen molar-refractivity contribution in [1.82, 2.24) is 25.1 Å². The fourth-order valence-corrected chi connectivity index (χ4v) is 5.08. The van der Waals surface area contributed by atoms with Gasteiger partial charge in [-0.1, -0.05) is 18.2 Å². The summed E-state index contributed by atoms with van der Waals surface area (Å²) in [5, 5.41) is 25.5. The minimum Gasteiger partial charge on any atom is -0.369 e. The first-order valence-electron chi connectivity index (χ1n) is 10.9. The molecule has 5 rings (SSSR count). The summed E-state index contributed by atoms with van der Waals surface area (Å²) in [6, 6.07) is 17.0. The smallest absolute Gasteiger partial charge is 0.269 e. The molecule has 0 spiro atoms. The molecular formula is C23H22FN7O2S. The van der Waals surface area contributed by atoms with E-state index in [-0.39, 0.29) is 22.5 Å². The normalized spacial score (nSPS) is 15.4. The Hall–Kier alpha value is -3.70. The topological polar surface area (TPSA) is 93.2 Å². The number of benzene rings is 2. The van der Waals surface area contributed by atoms with Crippen LogP contribution in [-0.2, 0) is 6.54 Å². The molecule has 1 aliphatic rings. The summed E-state index contributed by atoms with van der Waals surface area (Å²) >= 11 is 1.66. The fourth-order valence-electron chi connectivity index (χ4n) is 4.22. The number of aromatic nitrogens is 4. The number of hydrogen-bond acceptors (Lipinski definition) is 8. The Bertz CT molecular complexity index is 1240. The van der Waals surface area contributed by atoms with Gasteiger partial charge in [-0.05, 0) is 51.7 Å². The molecule has 11 heteroatoms. The number of nitrogens with zero attached hydrogens (tertiary/aromatic N) is 7. The molecule has 1 atom stereocenters. The number of nitro groups is 1. The van der Waals surface area contributed by atoms with Crippen LogP contribution in [0.25, 0.3) is 0 Å². The lowest BCUT2D eigenvalue weighted by atomic mass is 10.1. The number of hydrogen-bond donors (Lipinski definition) is 0. The van der Waals surface area contributed by atoms with Crippen molar-refractivity contribution in [1.29, 1.82) is 0 Å². The van der Waals surface area contributed by atoms with Crippen LogP contribution in [0.15, 0.2) is 66.0 Å². The van der Waals surface area contributed by atoms with Crippen LogP contribution >= 0.6 is 11.3 Å². The largest absolute Gasteiger partial charge is 0.369 e. The highest BCUT2D eigenvalue weighted by Crippen LogP contribution is 2.32. The third kappa shape index (κ3) is 4.66. The SMILES string of the molecule is O=[N+]([O-])c1ccc(N2CCN(C(c3cccs3)c3nnnn3Cc3ccc(F)cc3)CC2)cc1. The van der Waals surface area contributed by atoms with E-state index >= 15 is 0 Å². The van der Waals surface area contributed by atoms with Crippen LogP contribution in [0.4, 0.5) is 15.8 Å². The Morgan fingerprint density at radius 1 is 1.03 bits per heavy atom. The van der Waals surface area contributed by atoms with Gasteiger partial charge in [-0.2, -0.15) is 0 Å². The van der Waals surface area contributed by atoms with Crippen molar-refractivity contribution in [3.8, 4) is 0 Å². The number of thiophene rings is 1. The summed E-state index contributed by atoms with van der Waals surface area (Å²) in [7, 11) is 0. The van der Waals surface area contributed by atoms with Gasteiger partial charge in [0, 0.05) is 48.9 Å². The Kier molecular flexibility index (Phi) is 6.28. The van der Waals surface area contributed by atoms with Crippen LogP contribution in [0.2, 0.25) is 0 Å². The second kappa shape index (κ2) is 9.65. The van der Waals surface area contributed by atoms with Crippen molar-refractivity contribution in [2.24, 2.45) is 0 Å². The van der Waals surface area contributed by atoms with Gasteiger partial charge in [-0.3, -0.25) is 15.0 Å². The number of nitro benzene ring substituents is 1. The first-order chi connectivity index (χ1) is 16.6. The first kappa shape index (κ1) is 22.1. The average Bonchev–Trinajstić information content (AvgIpc) is 3.55. The molecule has 0 saturated carbocycles. The van der Waals surface area contributed by atoms with Gasteiger partial charge in [-0.15, -0.1) is 16.4 Å². The maximum Gasteiger partial charge on any atom is 0.269 e. The Balaban J connectivity index is 1.35. The van der Waals surface area contributed by atoms with E-state index < -0.39 is 0 Å². The fraction of sp³-hybridized carbons (Fsp3) is 0.261. The summed E-state index contributed by atoms with van der Waals surface area (Å²) < 4.78 is 15.1. The molecule has 4 aromatic rings. The van der Waals surface area contributed by atoms with Gasteiger partial charge in [0.1, 0.15) is 11.9 Å². The van der Waals surface area contributed by atoms with Gasteiger partial charge in [0.05, 0.1) is 11.5 Å². The molecule has 1 aliphatic heterocycles. The highest BCUT2D eigenvalue weighted by atomic mass is 32.1. The molecule has 0 amide bonds. The predicted molar refractivity (Wildman–Crippen MR) is 126 cm³/mol. The molecule has 1 saturated heterocycles. The van der Waals surface area contributed by atoms with E-state index in [0.29, 0.717) is 6.54 Å². The molecule has 2 aromatic carbocycles. The predicted octanol–water partition coefficient (Wildman–Crippen LogP) is 3.74. The molecule has 34 heavy (non-hydrogen) atoms. The monoisotopic (exact) mass is 479 g/mol. The van der Waals surface area contributed by atoms with Crippen LogP contribution in [0, 0.1) is 15.9 Å². The molecule has 1 fully saturated rings. The second-order valence-electron chi connectivity index (χ2n) is 8.04. The van der Waals surface area contributed by atoms with E-state index in [1.807, 2.05) is 11.4 Å². The molecule has 0 radical (unpaired) electrons. The zero-order valence-corrected chi connectivity index (χ0v) is 19.0. The molecule has 0 N–H and O–H groups in total. The maximum atomic E-state index is 13.3. The number of halogens is 1. The Morgan fingerprint density at radius 2 is 1.76 bits per heavy atom. The highest BCUT2D eigenvalue weighted by molar-refractivity contribution is 7.10. The van der Waals surface area contributed by atoms with E-state index in [1.54, 1.807) is 52.4 Å². The van der Waals surface area contributed by atoms with Crippen LogP contribution in [0.1, 0.15) is 22.3 Å². The number of anilines is 1. The van der Waals surface area contributed by atoms with Gasteiger partial charge in [0.2, 0.25) is 0 Å². The van der Waals surface area contributed by atoms with Crippen LogP contribution in [0.5, 0.6) is 0 Å². The summed E-state index contributed by atoms with van der Waals surface area (Å²) in [5.41, 5.74) is 1.98. The minimum absolute atomic E-state index is 0.0909. The van der Waals surface area contributed by atoms with Crippen molar-refractivity contribution < 1.29 is 9.31 Å². The van der Waals surface area contributed by atoms with E-state index in [4.69, 9.17) is 0 Å². The van der Waals surface area contributed by atoms with Crippen molar-refractivity contribution in [3.63, 3.8) is 0 Å². The number of rotatable bonds is 7. The lowest BCUT2D eigenvalue weighted by Gasteiger charge is -2.39. The van der Waals surface area contributed by atoms with E-state index in [1.165, 1.54) is 12.1 Å². The van der Waals surface area contributed by atoms with Gasteiger partial charge in [0.15, 0.2) is 5.82 Å². The third-order valence-electron chi connectivity index (χ3n) is 5.97. The second-order valence-corrected chi connectivity index (χ2v) is 9.01. The molecule has 174 valence electrons. The Morgan fingerprint density at radius 3 is 2.41 bits per heavy atom. The number of tetrazole rings is 1. The minimum atomic E-state index is -0.385. The number of non-ortho nitro benzene ring substituents is 1. The lowest BCUT2D eigenvalue weighted by Crippen LogP contribution is -2.48. The molecule has 0 bridgehead atoms. The third-order valence-corrected chi connectivity index (χ3v) is 6.89. The van der Waals surface area contributed by atoms with E-state index in [2.05, 4.69) is 31.4 Å². The first-order valence-corrected chi connectivity index (χ1v) is 11.7. The molecule has 9 nitrogen and oxygen atoms in total. The van der Waals surface area contributed by atoms with Crippen LogP contribution < -0.4 is 4.90 Å². The zero-order chi connectivity index (χ0) is 23.5. The summed E-state index contributed by atoms with van der Waals surface area (Å²) in [6.07, 6.45) is 0. The summed E-state index contributed by atoms with van der Waals surface area (Å²) in [6.45, 7) is 3.57. The summed E-state index contributed by atoms with van der Waals surface area (Å²) in [5.74, 6) is 0.471. The molecule has 0 aliphatic carbocycles. The maximum absolute atomic E-state index is 13.3. The molecule has 2 aromatic heterocycles. The average molecular weight is 480 g/mol. The number of piperazine rings is 1. The van der Waals surface area contributed by atoms with Gasteiger partial charge in [-0.25, -0.2) is 9.07 Å². The molecular weight excluding hydrogens is 457 g/mol. The van der Waals surface area contributed by atoms with Crippen molar-refractivity contribution in [3.05, 3.63) is 98.2 Å². The van der Waals surface area contributed by atoms with Crippen molar-refractivity contribution in [2.75, 3.05) is 31.1 Å². The Labute approximate surface area is 199 Å². The quantitative estimate of drug-likeness (QED) is 0.294.